The standard InChI is InChI=1S/C16H12FNO3/c17-16(12-5-7-13(8-6-12)18(20)21)10-9-11-3-1-2-4-14(11)15(16)19/h1-8H,9-10H2/t16-/m0/s1. The smallest absolute Gasteiger partial charge is 0.269 e. The van der Waals surface area contributed by atoms with E-state index in [4.69, 9.17) is 0 Å². The number of non-ortho nitro benzene ring substituents is 1. The summed E-state index contributed by atoms with van der Waals surface area (Å²) in [6.45, 7) is 0. The molecule has 4 nitrogen and oxygen atoms in total. The molecule has 0 aliphatic heterocycles. The third-order valence-electron chi connectivity index (χ3n) is 3.90. The van der Waals surface area contributed by atoms with Gasteiger partial charge in [-0.05, 0) is 36.1 Å². The van der Waals surface area contributed by atoms with E-state index in [9.17, 15) is 14.9 Å². The van der Waals surface area contributed by atoms with Gasteiger partial charge in [0.25, 0.3) is 5.69 Å². The lowest BCUT2D eigenvalue weighted by molar-refractivity contribution is -0.384. The monoisotopic (exact) mass is 285 g/mol. The molecule has 0 heterocycles. The number of benzene rings is 2. The predicted octanol–water partition coefficient (Wildman–Crippen LogP) is 3.59. The van der Waals surface area contributed by atoms with E-state index in [2.05, 4.69) is 0 Å². The number of hydrogen-bond donors (Lipinski definition) is 0. The quantitative estimate of drug-likeness (QED) is 0.625. The van der Waals surface area contributed by atoms with Gasteiger partial charge in [0.2, 0.25) is 5.78 Å². The average Bonchev–Trinajstić information content (AvgIpc) is 2.51. The molecule has 0 N–H and O–H groups in total. The number of ketones is 1. The fourth-order valence-corrected chi connectivity index (χ4v) is 2.72. The second-order valence-corrected chi connectivity index (χ2v) is 5.09. The van der Waals surface area contributed by atoms with Gasteiger partial charge in [0.15, 0.2) is 5.67 Å². The minimum Gasteiger partial charge on any atom is -0.290 e. The van der Waals surface area contributed by atoms with Crippen molar-refractivity contribution in [2.24, 2.45) is 0 Å². The zero-order chi connectivity index (χ0) is 15.0. The van der Waals surface area contributed by atoms with Crippen molar-refractivity contribution < 1.29 is 14.1 Å². The van der Waals surface area contributed by atoms with Crippen LogP contribution in [0.5, 0.6) is 0 Å². The second-order valence-electron chi connectivity index (χ2n) is 5.09. The van der Waals surface area contributed by atoms with E-state index in [-0.39, 0.29) is 17.7 Å². The Morgan fingerprint density at radius 1 is 1.10 bits per heavy atom. The molecule has 5 heteroatoms. The molecule has 2 aromatic carbocycles. The zero-order valence-electron chi connectivity index (χ0n) is 11.1. The molecular weight excluding hydrogens is 273 g/mol. The molecule has 0 aromatic heterocycles. The van der Waals surface area contributed by atoms with Crippen LogP contribution < -0.4 is 0 Å². The third kappa shape index (κ3) is 2.11. The maximum atomic E-state index is 15.2. The Balaban J connectivity index is 2.02. The molecule has 0 fully saturated rings. The van der Waals surface area contributed by atoms with Gasteiger partial charge < -0.3 is 0 Å². The van der Waals surface area contributed by atoms with Gasteiger partial charge in [0, 0.05) is 17.7 Å². The molecule has 3 rings (SSSR count). The third-order valence-corrected chi connectivity index (χ3v) is 3.90. The highest BCUT2D eigenvalue weighted by Crippen LogP contribution is 2.40. The van der Waals surface area contributed by atoms with E-state index in [1.165, 1.54) is 24.3 Å². The summed E-state index contributed by atoms with van der Waals surface area (Å²) in [5.41, 5.74) is -0.815. The maximum Gasteiger partial charge on any atom is 0.269 e. The first kappa shape index (κ1) is 13.4. The highest BCUT2D eigenvalue weighted by molar-refractivity contribution is 6.05. The van der Waals surface area contributed by atoms with E-state index < -0.39 is 16.4 Å². The van der Waals surface area contributed by atoms with Crippen molar-refractivity contribution in [1.29, 1.82) is 0 Å². The summed E-state index contributed by atoms with van der Waals surface area (Å²) in [6, 6.07) is 12.1. The number of alkyl halides is 1. The predicted molar refractivity (Wildman–Crippen MR) is 75.0 cm³/mol. The Kier molecular flexibility index (Phi) is 3.05. The van der Waals surface area contributed by atoms with E-state index in [1.807, 2.05) is 12.1 Å². The van der Waals surface area contributed by atoms with E-state index in [0.29, 0.717) is 12.0 Å². The van der Waals surface area contributed by atoms with Crippen molar-refractivity contribution in [2.75, 3.05) is 0 Å². The average molecular weight is 285 g/mol. The number of carbonyl (C=O) groups excluding carboxylic acids is 1. The summed E-state index contributed by atoms with van der Waals surface area (Å²) in [6.07, 6.45) is 0.524. The maximum absolute atomic E-state index is 15.2. The highest BCUT2D eigenvalue weighted by atomic mass is 19.1. The van der Waals surface area contributed by atoms with Crippen LogP contribution in [0, 0.1) is 10.1 Å². The Labute approximate surface area is 120 Å². The molecule has 0 radical (unpaired) electrons. The first-order valence-corrected chi connectivity index (χ1v) is 6.59. The lowest BCUT2D eigenvalue weighted by atomic mass is 9.77. The lowest BCUT2D eigenvalue weighted by Crippen LogP contribution is -2.36. The molecule has 1 aliphatic carbocycles. The molecule has 0 amide bonds. The van der Waals surface area contributed by atoms with Crippen LogP contribution in [0.3, 0.4) is 0 Å². The number of hydrogen-bond acceptors (Lipinski definition) is 3. The Bertz CT molecular complexity index is 727. The number of nitro benzene ring substituents is 1. The lowest BCUT2D eigenvalue weighted by Gasteiger charge is -2.29. The molecule has 0 spiro atoms. The largest absolute Gasteiger partial charge is 0.290 e. The Morgan fingerprint density at radius 2 is 1.76 bits per heavy atom. The van der Waals surface area contributed by atoms with Crippen LogP contribution in [-0.4, -0.2) is 10.7 Å². The molecule has 106 valence electrons. The van der Waals surface area contributed by atoms with Crippen LogP contribution in [0.15, 0.2) is 48.5 Å². The van der Waals surface area contributed by atoms with Gasteiger partial charge in [0.1, 0.15) is 0 Å². The molecule has 1 atom stereocenters. The molecule has 2 aromatic rings. The van der Waals surface area contributed by atoms with Gasteiger partial charge in [-0.15, -0.1) is 0 Å². The van der Waals surface area contributed by atoms with Gasteiger partial charge in [-0.25, -0.2) is 4.39 Å². The summed E-state index contributed by atoms with van der Waals surface area (Å²) < 4.78 is 15.2. The first-order chi connectivity index (χ1) is 10.0. The summed E-state index contributed by atoms with van der Waals surface area (Å²) in [7, 11) is 0. The number of carbonyl (C=O) groups is 1. The number of fused-ring (bicyclic) bond motifs is 1. The van der Waals surface area contributed by atoms with Gasteiger partial charge in [-0.2, -0.15) is 0 Å². The summed E-state index contributed by atoms with van der Waals surface area (Å²) in [5, 5.41) is 10.6. The second kappa shape index (κ2) is 4.77. The van der Waals surface area contributed by atoms with Crippen molar-refractivity contribution in [3.63, 3.8) is 0 Å². The number of rotatable bonds is 2. The Hall–Kier alpha value is -2.56. The van der Waals surface area contributed by atoms with Crippen LogP contribution in [0.2, 0.25) is 0 Å². The normalized spacial score (nSPS) is 20.9. The van der Waals surface area contributed by atoms with Gasteiger partial charge in [-0.3, -0.25) is 14.9 Å². The number of Topliss-reactive ketones (excluding diaryl/α,β-unsaturated/α-hetero) is 1. The SMILES string of the molecule is O=C1c2ccccc2CC[C@]1(F)c1ccc([N+](=O)[O-])cc1. The molecule has 0 saturated heterocycles. The minimum atomic E-state index is -2.11. The van der Waals surface area contributed by atoms with Crippen LogP contribution in [-0.2, 0) is 12.1 Å². The summed E-state index contributed by atoms with van der Waals surface area (Å²) >= 11 is 0. The first-order valence-electron chi connectivity index (χ1n) is 6.59. The Morgan fingerprint density at radius 3 is 2.43 bits per heavy atom. The van der Waals surface area contributed by atoms with E-state index in [0.717, 1.165) is 5.56 Å². The van der Waals surface area contributed by atoms with Crippen LogP contribution >= 0.6 is 0 Å². The number of nitrogens with zero attached hydrogens (tertiary/aromatic N) is 1. The minimum absolute atomic E-state index is 0.0562. The van der Waals surface area contributed by atoms with Crippen molar-refractivity contribution in [1.82, 2.24) is 0 Å². The topological polar surface area (TPSA) is 60.2 Å². The summed E-state index contributed by atoms with van der Waals surface area (Å²) in [5.74, 6) is -0.571. The van der Waals surface area contributed by atoms with Crippen molar-refractivity contribution in [3.8, 4) is 0 Å². The van der Waals surface area contributed by atoms with E-state index in [1.54, 1.807) is 12.1 Å². The molecular formula is C16H12FNO3. The van der Waals surface area contributed by atoms with Crippen molar-refractivity contribution in [2.45, 2.75) is 18.5 Å². The van der Waals surface area contributed by atoms with Crippen molar-refractivity contribution >= 4 is 11.5 Å². The van der Waals surface area contributed by atoms with Crippen molar-refractivity contribution in [3.05, 3.63) is 75.3 Å². The van der Waals surface area contributed by atoms with Gasteiger partial charge >= 0.3 is 0 Å². The molecule has 21 heavy (non-hydrogen) atoms. The molecule has 0 unspecified atom stereocenters. The zero-order valence-corrected chi connectivity index (χ0v) is 11.1. The fourth-order valence-electron chi connectivity index (χ4n) is 2.72. The van der Waals surface area contributed by atoms with Crippen LogP contribution in [0.1, 0.15) is 27.9 Å². The van der Waals surface area contributed by atoms with Gasteiger partial charge in [-0.1, -0.05) is 24.3 Å². The fraction of sp³-hybridized carbons (Fsp3) is 0.188. The summed E-state index contributed by atoms with van der Waals surface area (Å²) in [4.78, 5) is 22.5. The van der Waals surface area contributed by atoms with Crippen LogP contribution in [0.25, 0.3) is 0 Å². The molecule has 0 bridgehead atoms. The van der Waals surface area contributed by atoms with Gasteiger partial charge in [0.05, 0.1) is 4.92 Å². The molecule has 0 saturated carbocycles. The highest BCUT2D eigenvalue weighted by Gasteiger charge is 2.44. The van der Waals surface area contributed by atoms with E-state index >= 15 is 4.39 Å². The number of halogens is 1. The number of aryl methyl sites for hydroxylation is 1. The molecule has 1 aliphatic rings. The number of nitro groups is 1. The van der Waals surface area contributed by atoms with Crippen LogP contribution in [0.4, 0.5) is 10.1 Å².